The number of ether oxygens (including phenoxy) is 1. The molecule has 29 heavy (non-hydrogen) atoms. The predicted octanol–water partition coefficient (Wildman–Crippen LogP) is 1.26. The van der Waals surface area contributed by atoms with E-state index in [0.717, 1.165) is 23.2 Å². The fraction of sp³-hybridized carbons (Fsp3) is 0.429. The molecule has 0 saturated carbocycles. The first-order chi connectivity index (χ1) is 13.9. The van der Waals surface area contributed by atoms with Gasteiger partial charge < -0.3 is 19.5 Å². The van der Waals surface area contributed by atoms with Crippen molar-refractivity contribution in [3.05, 3.63) is 57.3 Å². The summed E-state index contributed by atoms with van der Waals surface area (Å²) in [4.78, 5) is 44.4. The van der Waals surface area contributed by atoms with Gasteiger partial charge in [0.1, 0.15) is 5.56 Å². The Balaban J connectivity index is 1.61. The van der Waals surface area contributed by atoms with Gasteiger partial charge in [-0.05, 0) is 43.0 Å². The van der Waals surface area contributed by atoms with E-state index in [0.29, 0.717) is 38.4 Å². The number of nitrogens with one attached hydrogen (secondary N) is 1. The molecule has 8 nitrogen and oxygen atoms in total. The maximum atomic E-state index is 12.9. The number of aromatic nitrogens is 2. The molecule has 0 bridgehead atoms. The molecule has 2 amide bonds. The van der Waals surface area contributed by atoms with Crippen LogP contribution in [0.2, 0.25) is 0 Å². The van der Waals surface area contributed by atoms with E-state index in [4.69, 9.17) is 4.74 Å². The molecular weight excluding hydrogens is 372 g/mol. The number of carbonyl (C=O) groups excluding carboxylic acids is 2. The number of nitrogens with zero attached hydrogens (tertiary/aromatic N) is 3. The molecule has 1 fully saturated rings. The number of amides is 2. The highest BCUT2D eigenvalue weighted by Crippen LogP contribution is 2.24. The standard InChI is InChI=1S/C21H24N4O4/c1-13-3-4-16(9-22-13)23-19(26)18-17-5-7-25(20(27)14-6-8-29-12-14)11-15(17)10-24(2)21(18)28/h3-4,9-10,14H,5-8,11-12H2,1-2H3,(H,23,26). The van der Waals surface area contributed by atoms with Crippen LogP contribution in [0.4, 0.5) is 5.69 Å². The number of aryl methyl sites for hydroxylation is 2. The third-order valence-electron chi connectivity index (χ3n) is 5.55. The van der Waals surface area contributed by atoms with E-state index in [1.807, 2.05) is 6.92 Å². The fourth-order valence-electron chi connectivity index (χ4n) is 3.93. The number of pyridine rings is 2. The molecule has 0 aliphatic carbocycles. The van der Waals surface area contributed by atoms with Gasteiger partial charge in [0.25, 0.3) is 11.5 Å². The number of hydrogen-bond acceptors (Lipinski definition) is 5. The highest BCUT2D eigenvalue weighted by atomic mass is 16.5. The number of anilines is 1. The van der Waals surface area contributed by atoms with Crippen LogP contribution >= 0.6 is 0 Å². The molecular formula is C21H24N4O4. The van der Waals surface area contributed by atoms with Crippen LogP contribution in [0.1, 0.15) is 33.6 Å². The normalized spacial score (nSPS) is 18.4. The minimum Gasteiger partial charge on any atom is -0.381 e. The van der Waals surface area contributed by atoms with E-state index in [-0.39, 0.29) is 22.9 Å². The Labute approximate surface area is 168 Å². The van der Waals surface area contributed by atoms with Gasteiger partial charge in [0, 0.05) is 38.6 Å². The van der Waals surface area contributed by atoms with Gasteiger partial charge in [-0.2, -0.15) is 0 Å². The quantitative estimate of drug-likeness (QED) is 0.843. The van der Waals surface area contributed by atoms with Gasteiger partial charge in [-0.15, -0.1) is 0 Å². The monoisotopic (exact) mass is 396 g/mol. The molecule has 0 spiro atoms. The maximum absolute atomic E-state index is 12.9. The molecule has 0 radical (unpaired) electrons. The van der Waals surface area contributed by atoms with Crippen LogP contribution in [0, 0.1) is 12.8 Å². The van der Waals surface area contributed by atoms with Crippen molar-refractivity contribution < 1.29 is 14.3 Å². The molecule has 2 aliphatic rings. The molecule has 1 atom stereocenters. The second-order valence-electron chi connectivity index (χ2n) is 7.64. The van der Waals surface area contributed by atoms with Gasteiger partial charge in [-0.1, -0.05) is 0 Å². The lowest BCUT2D eigenvalue weighted by Gasteiger charge is -2.31. The second-order valence-corrected chi connectivity index (χ2v) is 7.64. The SMILES string of the molecule is Cc1ccc(NC(=O)c2c3c(cn(C)c2=O)CN(C(=O)C2CCOC2)CC3)cn1. The third kappa shape index (κ3) is 3.80. The van der Waals surface area contributed by atoms with E-state index in [1.54, 1.807) is 36.5 Å². The zero-order valence-electron chi connectivity index (χ0n) is 16.6. The Morgan fingerprint density at radius 2 is 2.14 bits per heavy atom. The third-order valence-corrected chi connectivity index (χ3v) is 5.55. The first-order valence-corrected chi connectivity index (χ1v) is 9.76. The molecule has 0 aromatic carbocycles. The zero-order chi connectivity index (χ0) is 20.5. The Hall–Kier alpha value is -3.00. The van der Waals surface area contributed by atoms with Gasteiger partial charge in [0.15, 0.2) is 0 Å². The first kappa shape index (κ1) is 19.3. The summed E-state index contributed by atoms with van der Waals surface area (Å²) in [5.41, 5.74) is 2.73. The van der Waals surface area contributed by atoms with Gasteiger partial charge in [-0.3, -0.25) is 19.4 Å². The largest absolute Gasteiger partial charge is 0.381 e. The van der Waals surface area contributed by atoms with Crippen molar-refractivity contribution in [2.24, 2.45) is 13.0 Å². The van der Waals surface area contributed by atoms with Crippen LogP contribution in [0.3, 0.4) is 0 Å². The van der Waals surface area contributed by atoms with Crippen LogP contribution in [0.5, 0.6) is 0 Å². The smallest absolute Gasteiger partial charge is 0.263 e. The Bertz CT molecular complexity index is 1010. The molecule has 8 heteroatoms. The maximum Gasteiger partial charge on any atom is 0.263 e. The van der Waals surface area contributed by atoms with Crippen LogP contribution < -0.4 is 10.9 Å². The molecule has 1 N–H and O–H groups in total. The van der Waals surface area contributed by atoms with Crippen molar-refractivity contribution in [1.82, 2.24) is 14.5 Å². The average molecular weight is 396 g/mol. The number of rotatable bonds is 3. The second kappa shape index (κ2) is 7.79. The highest BCUT2D eigenvalue weighted by molar-refractivity contribution is 6.05. The van der Waals surface area contributed by atoms with Crippen LogP contribution in [-0.2, 0) is 29.5 Å². The molecule has 2 aliphatic heterocycles. The Morgan fingerprint density at radius 3 is 2.83 bits per heavy atom. The highest BCUT2D eigenvalue weighted by Gasteiger charge is 2.32. The molecule has 2 aromatic heterocycles. The number of hydrogen-bond donors (Lipinski definition) is 1. The topological polar surface area (TPSA) is 93.5 Å². The summed E-state index contributed by atoms with van der Waals surface area (Å²) >= 11 is 0. The molecule has 152 valence electrons. The summed E-state index contributed by atoms with van der Waals surface area (Å²) in [6.07, 6.45) is 4.51. The van der Waals surface area contributed by atoms with Gasteiger partial charge in [0.2, 0.25) is 5.91 Å². The van der Waals surface area contributed by atoms with Crippen molar-refractivity contribution in [3.63, 3.8) is 0 Å². The molecule has 4 heterocycles. The zero-order valence-corrected chi connectivity index (χ0v) is 16.6. The van der Waals surface area contributed by atoms with Crippen LogP contribution in [0.25, 0.3) is 0 Å². The Morgan fingerprint density at radius 1 is 1.31 bits per heavy atom. The molecule has 1 unspecified atom stereocenters. The van der Waals surface area contributed by atoms with Crippen molar-refractivity contribution in [3.8, 4) is 0 Å². The molecule has 2 aromatic rings. The van der Waals surface area contributed by atoms with Crippen LogP contribution in [0.15, 0.2) is 29.3 Å². The van der Waals surface area contributed by atoms with Crippen molar-refractivity contribution in [1.29, 1.82) is 0 Å². The average Bonchev–Trinajstić information content (AvgIpc) is 3.24. The van der Waals surface area contributed by atoms with Crippen LogP contribution in [-0.4, -0.2) is 46.0 Å². The lowest BCUT2D eigenvalue weighted by Crippen LogP contribution is -2.42. The number of carbonyl (C=O) groups is 2. The first-order valence-electron chi connectivity index (χ1n) is 9.76. The van der Waals surface area contributed by atoms with Gasteiger partial charge >= 0.3 is 0 Å². The van der Waals surface area contributed by atoms with E-state index < -0.39 is 5.91 Å². The van der Waals surface area contributed by atoms with E-state index in [2.05, 4.69) is 10.3 Å². The predicted molar refractivity (Wildman–Crippen MR) is 107 cm³/mol. The summed E-state index contributed by atoms with van der Waals surface area (Å²) in [6.45, 7) is 3.83. The summed E-state index contributed by atoms with van der Waals surface area (Å²) in [5, 5.41) is 2.77. The lowest BCUT2D eigenvalue weighted by atomic mass is 9.95. The Kier molecular flexibility index (Phi) is 5.19. The minimum absolute atomic E-state index is 0.0822. The van der Waals surface area contributed by atoms with Crippen molar-refractivity contribution in [2.45, 2.75) is 26.3 Å². The van der Waals surface area contributed by atoms with Gasteiger partial charge in [0.05, 0.1) is 24.4 Å². The van der Waals surface area contributed by atoms with E-state index in [9.17, 15) is 14.4 Å². The van der Waals surface area contributed by atoms with E-state index >= 15 is 0 Å². The molecule has 1 saturated heterocycles. The summed E-state index contributed by atoms with van der Waals surface area (Å²) in [6, 6.07) is 3.55. The van der Waals surface area contributed by atoms with Crippen molar-refractivity contribution in [2.75, 3.05) is 25.1 Å². The lowest BCUT2D eigenvalue weighted by molar-refractivity contribution is -0.136. The molecule has 4 rings (SSSR count). The summed E-state index contributed by atoms with van der Waals surface area (Å²) in [5.74, 6) is -0.461. The minimum atomic E-state index is -0.447. The van der Waals surface area contributed by atoms with E-state index in [1.165, 1.54) is 4.57 Å². The summed E-state index contributed by atoms with van der Waals surface area (Å²) < 4.78 is 6.75. The van der Waals surface area contributed by atoms with Gasteiger partial charge in [-0.25, -0.2) is 0 Å². The fourth-order valence-corrected chi connectivity index (χ4v) is 3.93. The summed E-state index contributed by atoms with van der Waals surface area (Å²) in [7, 11) is 1.62. The number of fused-ring (bicyclic) bond motifs is 1. The van der Waals surface area contributed by atoms with Crippen molar-refractivity contribution >= 4 is 17.5 Å².